The van der Waals surface area contributed by atoms with Gasteiger partial charge in [0.2, 0.25) is 5.91 Å². The van der Waals surface area contributed by atoms with Gasteiger partial charge in [-0.2, -0.15) is 0 Å². The summed E-state index contributed by atoms with van der Waals surface area (Å²) in [5.41, 5.74) is 6.38. The molecule has 0 atom stereocenters. The Morgan fingerprint density at radius 2 is 1.73 bits per heavy atom. The van der Waals surface area contributed by atoms with Gasteiger partial charge in [-0.3, -0.25) is 9.78 Å². The number of hydrogen-bond donors (Lipinski definition) is 3. The largest absolute Gasteiger partial charge is 0.497 e. The van der Waals surface area contributed by atoms with E-state index in [9.17, 15) is 14.8 Å². The molecule has 0 saturated carbocycles. The van der Waals surface area contributed by atoms with Crippen molar-refractivity contribution < 1.29 is 29.1 Å². The molecule has 4 rings (SSSR count). The lowest BCUT2D eigenvalue weighted by Crippen LogP contribution is -2.32. The van der Waals surface area contributed by atoms with Gasteiger partial charge in [-0.1, -0.05) is 12.1 Å². The predicted octanol–water partition coefficient (Wildman–Crippen LogP) is 2.82. The molecule has 0 saturated heterocycles. The average Bonchev–Trinajstić information content (AvgIpc) is 3.16. The van der Waals surface area contributed by atoms with Crippen LogP contribution in [0.5, 0.6) is 17.2 Å². The molecule has 37 heavy (non-hydrogen) atoms. The second-order valence-electron chi connectivity index (χ2n) is 8.56. The molecule has 1 amide bonds. The molecule has 8 nitrogen and oxygen atoms in total. The van der Waals surface area contributed by atoms with Crippen LogP contribution in [0.3, 0.4) is 0 Å². The minimum absolute atomic E-state index is 0.111. The van der Waals surface area contributed by atoms with E-state index >= 15 is 0 Å². The molecule has 0 fully saturated rings. The van der Waals surface area contributed by atoms with E-state index in [0.29, 0.717) is 23.8 Å². The van der Waals surface area contributed by atoms with Crippen LogP contribution >= 0.6 is 0 Å². The first-order valence-corrected chi connectivity index (χ1v) is 11.8. The van der Waals surface area contributed by atoms with Gasteiger partial charge in [-0.25, -0.2) is 0 Å². The number of carbonyl (C=O) groups excluding carboxylic acids is 1. The van der Waals surface area contributed by atoms with E-state index < -0.39 is 7.12 Å². The predicted molar refractivity (Wildman–Crippen MR) is 144 cm³/mol. The smallest absolute Gasteiger partial charge is 0.496 e. The molecular weight excluding hydrogens is 471 g/mol. The van der Waals surface area contributed by atoms with E-state index in [2.05, 4.69) is 10.3 Å². The number of methoxy groups -OCH3 is 3. The maximum atomic E-state index is 12.9. The van der Waals surface area contributed by atoms with Gasteiger partial charge in [-0.05, 0) is 82.8 Å². The van der Waals surface area contributed by atoms with Crippen LogP contribution in [0, 0.1) is 0 Å². The van der Waals surface area contributed by atoms with Crippen LogP contribution in [0.1, 0.15) is 35.7 Å². The van der Waals surface area contributed by atoms with Crippen molar-refractivity contribution in [2.24, 2.45) is 0 Å². The van der Waals surface area contributed by atoms with Crippen molar-refractivity contribution in [2.75, 3.05) is 21.3 Å². The highest BCUT2D eigenvalue weighted by Crippen LogP contribution is 2.45. The van der Waals surface area contributed by atoms with E-state index in [1.54, 1.807) is 25.4 Å². The first kappa shape index (κ1) is 26.0. The summed E-state index contributed by atoms with van der Waals surface area (Å²) in [5.74, 6) is 1.18. The number of allylic oxidation sites excluding steroid dienone is 2. The Bertz CT molecular complexity index is 1340. The van der Waals surface area contributed by atoms with Gasteiger partial charge >= 0.3 is 7.12 Å². The molecule has 0 bridgehead atoms. The number of ether oxygens (including phenoxy) is 3. The third-order valence-electron chi connectivity index (χ3n) is 6.36. The topological polar surface area (TPSA) is 110 Å². The molecule has 0 unspecified atom stereocenters. The minimum Gasteiger partial charge on any atom is -0.497 e. The zero-order valence-electron chi connectivity index (χ0n) is 21.2. The van der Waals surface area contributed by atoms with Gasteiger partial charge in [0, 0.05) is 6.20 Å². The van der Waals surface area contributed by atoms with Crippen LogP contribution in [-0.4, -0.2) is 49.4 Å². The number of rotatable bonds is 9. The van der Waals surface area contributed by atoms with Gasteiger partial charge < -0.3 is 29.6 Å². The van der Waals surface area contributed by atoms with Crippen molar-refractivity contribution in [3.8, 4) is 17.2 Å². The Kier molecular flexibility index (Phi) is 7.96. The Hall–Kier alpha value is -4.08. The van der Waals surface area contributed by atoms with Crippen molar-refractivity contribution >= 4 is 35.7 Å². The summed E-state index contributed by atoms with van der Waals surface area (Å²) in [6.07, 6.45) is 3.86. The number of benzene rings is 2. The first-order chi connectivity index (χ1) is 17.9. The molecule has 0 radical (unpaired) electrons. The minimum atomic E-state index is -1.75. The molecule has 1 aromatic heterocycles. The molecule has 1 aliphatic rings. The van der Waals surface area contributed by atoms with E-state index in [1.165, 1.54) is 14.2 Å². The highest BCUT2D eigenvalue weighted by molar-refractivity contribution is 6.61. The fourth-order valence-electron chi connectivity index (χ4n) is 4.49. The zero-order valence-corrected chi connectivity index (χ0v) is 21.2. The summed E-state index contributed by atoms with van der Waals surface area (Å²) < 4.78 is 16.3. The number of carbonyl (C=O) groups is 1. The lowest BCUT2D eigenvalue weighted by Gasteiger charge is -2.14. The Labute approximate surface area is 216 Å². The molecule has 190 valence electrons. The number of aromatic nitrogens is 1. The van der Waals surface area contributed by atoms with E-state index in [1.807, 2.05) is 49.4 Å². The van der Waals surface area contributed by atoms with Crippen LogP contribution in [0.2, 0.25) is 0 Å². The van der Waals surface area contributed by atoms with Crippen LogP contribution < -0.4 is 25.0 Å². The van der Waals surface area contributed by atoms with Gasteiger partial charge in [0.05, 0.1) is 45.5 Å². The third kappa shape index (κ3) is 5.53. The number of amides is 1. The first-order valence-electron chi connectivity index (χ1n) is 11.8. The monoisotopic (exact) mass is 500 g/mol. The molecule has 3 aromatic rings. The number of nitrogens with zero attached hydrogens (tertiary/aromatic N) is 1. The average molecular weight is 500 g/mol. The van der Waals surface area contributed by atoms with E-state index in [-0.39, 0.29) is 17.8 Å². The Balaban J connectivity index is 1.72. The molecular formula is C28H29BN2O6. The number of hydrogen-bond acceptors (Lipinski definition) is 7. The maximum Gasteiger partial charge on any atom is 0.496 e. The number of nitrogens with one attached hydrogen (secondary N) is 1. The summed E-state index contributed by atoms with van der Waals surface area (Å²) in [4.78, 5) is 17.2. The number of fused-ring (bicyclic) bond motifs is 1. The van der Waals surface area contributed by atoms with Crippen molar-refractivity contribution in [3.63, 3.8) is 0 Å². The van der Waals surface area contributed by atoms with Gasteiger partial charge in [0.1, 0.15) is 17.2 Å². The van der Waals surface area contributed by atoms with Crippen LogP contribution in [0.15, 0.2) is 60.3 Å². The lowest BCUT2D eigenvalue weighted by atomic mass is 9.78. The quantitative estimate of drug-likeness (QED) is 0.388. The van der Waals surface area contributed by atoms with Crippen molar-refractivity contribution in [3.05, 3.63) is 82.7 Å². The fraction of sp³-hybridized carbons (Fsp3) is 0.214. The van der Waals surface area contributed by atoms with E-state index in [0.717, 1.165) is 39.1 Å². The van der Waals surface area contributed by atoms with Gasteiger partial charge in [0.15, 0.2) is 0 Å². The third-order valence-corrected chi connectivity index (χ3v) is 6.36. The molecule has 9 heteroatoms. The van der Waals surface area contributed by atoms with Crippen LogP contribution in [0.25, 0.3) is 17.2 Å². The van der Waals surface area contributed by atoms with Crippen LogP contribution in [-0.2, 0) is 11.3 Å². The number of pyridine rings is 1. The second-order valence-corrected chi connectivity index (χ2v) is 8.56. The maximum absolute atomic E-state index is 12.9. The summed E-state index contributed by atoms with van der Waals surface area (Å²) in [6.45, 7) is 2.34. The summed E-state index contributed by atoms with van der Waals surface area (Å²) >= 11 is 0. The Morgan fingerprint density at radius 1 is 1.00 bits per heavy atom. The summed E-state index contributed by atoms with van der Waals surface area (Å²) in [7, 11) is 2.78. The lowest BCUT2D eigenvalue weighted by molar-refractivity contribution is -0.120. The highest BCUT2D eigenvalue weighted by Gasteiger charge is 2.27. The van der Waals surface area contributed by atoms with Gasteiger partial charge in [0.25, 0.3) is 0 Å². The second kappa shape index (κ2) is 11.3. The van der Waals surface area contributed by atoms with Crippen LogP contribution in [0.4, 0.5) is 0 Å². The fourth-order valence-corrected chi connectivity index (χ4v) is 4.49. The molecule has 2 aromatic carbocycles. The van der Waals surface area contributed by atoms with Crippen molar-refractivity contribution in [1.82, 2.24) is 10.3 Å². The molecule has 1 heterocycles. The molecule has 1 aliphatic carbocycles. The summed E-state index contributed by atoms with van der Waals surface area (Å²) in [5, 5.41) is 22.5. The normalized spacial score (nSPS) is 13.4. The van der Waals surface area contributed by atoms with Crippen molar-refractivity contribution in [2.45, 2.75) is 19.9 Å². The Morgan fingerprint density at radius 3 is 2.32 bits per heavy atom. The zero-order chi connectivity index (χ0) is 26.5. The molecule has 0 spiro atoms. The highest BCUT2D eigenvalue weighted by atomic mass is 16.5. The molecule has 3 N–H and O–H groups in total. The van der Waals surface area contributed by atoms with Crippen molar-refractivity contribution in [1.29, 1.82) is 0 Å². The summed E-state index contributed by atoms with van der Waals surface area (Å²) in [6, 6.07) is 14.8. The van der Waals surface area contributed by atoms with Gasteiger partial charge in [-0.15, -0.1) is 0 Å². The SMILES string of the molecule is COc1ccc2c(c1)C(CC(=O)NCc1ccccn1)=C(C)/C2=C/c1cc(OC)c(B(O)O)c(OC)c1. The molecule has 0 aliphatic heterocycles. The van der Waals surface area contributed by atoms with E-state index in [4.69, 9.17) is 14.2 Å². The standard InChI is InChI=1S/C28H29BN2O6/c1-17-22(11-18-12-25(36-3)28(29(33)34)26(13-18)37-4)21-9-8-20(35-2)14-24(21)23(17)15-27(32)31-16-19-7-5-6-10-30-19/h5-14,33-34H,15-16H2,1-4H3,(H,31,32)/b22-11-.